The molecule has 0 atom stereocenters. The molecule has 0 aromatic heterocycles. The van der Waals surface area contributed by atoms with E-state index < -0.39 is 0 Å². The van der Waals surface area contributed by atoms with Gasteiger partial charge in [-0.1, -0.05) is 104 Å². The summed E-state index contributed by atoms with van der Waals surface area (Å²) in [5, 5.41) is 7.47. The number of nitrogens with zero attached hydrogens (tertiary/aromatic N) is 1. The van der Waals surface area contributed by atoms with Gasteiger partial charge in [0.05, 0.1) is 11.4 Å². The van der Waals surface area contributed by atoms with Crippen molar-refractivity contribution >= 4 is 49.8 Å². The lowest BCUT2D eigenvalue weighted by molar-refractivity contribution is 1.20. The molecule has 5 aromatic rings. The highest BCUT2D eigenvalue weighted by molar-refractivity contribution is 6.15. The Labute approximate surface area is 224 Å². The molecule has 0 unspecified atom stereocenters. The van der Waals surface area contributed by atoms with E-state index in [0.717, 1.165) is 29.9 Å². The van der Waals surface area contributed by atoms with Crippen molar-refractivity contribution in [3.05, 3.63) is 138 Å². The van der Waals surface area contributed by atoms with Gasteiger partial charge in [-0.15, -0.1) is 0 Å². The Hall–Kier alpha value is -4.56. The molecule has 1 aliphatic carbocycles. The maximum Gasteiger partial charge on any atom is 0.0546 e. The largest absolute Gasteiger partial charge is 0.399 e. The Morgan fingerprint density at radius 2 is 1.37 bits per heavy atom. The molecule has 0 radical (unpaired) electrons. The molecule has 0 aliphatic heterocycles. The van der Waals surface area contributed by atoms with Crippen molar-refractivity contribution < 1.29 is 0 Å². The first kappa shape index (κ1) is 23.8. The van der Waals surface area contributed by atoms with Gasteiger partial charge in [-0.05, 0) is 76.7 Å². The Morgan fingerprint density at radius 3 is 2.13 bits per heavy atom. The van der Waals surface area contributed by atoms with Gasteiger partial charge in [0.15, 0.2) is 0 Å². The van der Waals surface area contributed by atoms with Crippen molar-refractivity contribution in [2.24, 2.45) is 5.73 Å². The monoisotopic (exact) mass is 492 g/mol. The smallest absolute Gasteiger partial charge is 0.0546 e. The number of benzene rings is 5. The summed E-state index contributed by atoms with van der Waals surface area (Å²) in [6.45, 7) is 4.41. The van der Waals surface area contributed by atoms with E-state index in [1.54, 1.807) is 0 Å². The van der Waals surface area contributed by atoms with Crippen LogP contribution in [0.15, 0.2) is 127 Å². The molecule has 0 spiro atoms. The molecule has 2 nitrogen and oxygen atoms in total. The van der Waals surface area contributed by atoms with E-state index in [2.05, 4.69) is 134 Å². The zero-order valence-corrected chi connectivity index (χ0v) is 22.0. The summed E-state index contributed by atoms with van der Waals surface area (Å²) in [6.07, 6.45) is 14.8. The first-order chi connectivity index (χ1) is 18.7. The van der Waals surface area contributed by atoms with Crippen LogP contribution in [0.25, 0.3) is 38.4 Å². The van der Waals surface area contributed by atoms with E-state index in [1.807, 2.05) is 6.08 Å². The fraction of sp³-hybridized carbons (Fsp3) is 0.111. The third-order valence-corrected chi connectivity index (χ3v) is 7.48. The molecule has 0 saturated carbocycles. The molecule has 5 aromatic carbocycles. The van der Waals surface area contributed by atoms with Crippen LogP contribution in [0, 0.1) is 6.92 Å². The number of fused-ring (bicyclic) bond motifs is 4. The number of anilines is 2. The van der Waals surface area contributed by atoms with Crippen LogP contribution in [-0.4, -0.2) is 0 Å². The number of aryl methyl sites for hydroxylation is 1. The normalized spacial score (nSPS) is 13.7. The molecule has 2 N–H and O–H groups in total. The molecule has 0 saturated heterocycles. The van der Waals surface area contributed by atoms with Crippen LogP contribution >= 0.6 is 0 Å². The number of allylic oxidation sites excluding steroid dienone is 5. The van der Waals surface area contributed by atoms with E-state index in [1.165, 1.54) is 49.1 Å². The van der Waals surface area contributed by atoms with Crippen molar-refractivity contribution in [1.82, 2.24) is 0 Å². The Balaban J connectivity index is 1.73. The first-order valence-electron chi connectivity index (χ1n) is 13.4. The Morgan fingerprint density at radius 1 is 0.737 bits per heavy atom. The average molecular weight is 493 g/mol. The molecule has 1 aliphatic rings. The predicted molar refractivity (Wildman–Crippen MR) is 166 cm³/mol. The summed E-state index contributed by atoms with van der Waals surface area (Å²) in [5.41, 5.74) is 13.0. The Bertz CT molecular complexity index is 1800. The van der Waals surface area contributed by atoms with Crippen LogP contribution in [0.5, 0.6) is 0 Å². The van der Waals surface area contributed by atoms with E-state index in [4.69, 9.17) is 5.73 Å². The molecule has 0 bridgehead atoms. The minimum Gasteiger partial charge on any atom is -0.399 e. The average Bonchev–Trinajstić information content (AvgIpc) is 3.18. The highest BCUT2D eigenvalue weighted by Gasteiger charge is 2.21. The van der Waals surface area contributed by atoms with Gasteiger partial charge in [0.25, 0.3) is 0 Å². The molecular formula is C36H32N2. The molecule has 0 heterocycles. The predicted octanol–water partition coefficient (Wildman–Crippen LogP) is 9.70. The standard InChI is InChI=1S/C36H32N2/c1-3-4-12-26-23-35(33-19-9-7-16-30(33)25(26)2)38(29-15-11-14-28(37)21-22-29)36-24-27-13-5-6-17-31(27)32-18-8-10-20-34(32)36/h4-10,12-24H,3,11,37H2,1-2H3/b12-4-. The number of hydrogen-bond donors (Lipinski definition) is 1. The van der Waals surface area contributed by atoms with Crippen molar-refractivity contribution in [2.75, 3.05) is 4.90 Å². The number of nitrogens with two attached hydrogens (primary N) is 1. The molecule has 2 heteroatoms. The van der Waals surface area contributed by atoms with Crippen LogP contribution in [-0.2, 0) is 0 Å². The lowest BCUT2D eigenvalue weighted by Gasteiger charge is -2.30. The van der Waals surface area contributed by atoms with Crippen LogP contribution in [0.3, 0.4) is 0 Å². The topological polar surface area (TPSA) is 29.3 Å². The summed E-state index contributed by atoms with van der Waals surface area (Å²) < 4.78 is 0. The quantitative estimate of drug-likeness (QED) is 0.247. The van der Waals surface area contributed by atoms with Crippen LogP contribution in [0.1, 0.15) is 30.9 Å². The van der Waals surface area contributed by atoms with Gasteiger partial charge in [-0.2, -0.15) is 0 Å². The van der Waals surface area contributed by atoms with Gasteiger partial charge in [-0.25, -0.2) is 0 Å². The third-order valence-electron chi connectivity index (χ3n) is 7.48. The van der Waals surface area contributed by atoms with Crippen LogP contribution < -0.4 is 10.6 Å². The summed E-state index contributed by atoms with van der Waals surface area (Å²) in [6, 6.07) is 30.9. The molecular weight excluding hydrogens is 460 g/mol. The highest BCUT2D eigenvalue weighted by atomic mass is 15.1. The van der Waals surface area contributed by atoms with Gasteiger partial charge < -0.3 is 10.6 Å². The van der Waals surface area contributed by atoms with E-state index >= 15 is 0 Å². The van der Waals surface area contributed by atoms with E-state index in [0.29, 0.717) is 0 Å². The minimum absolute atomic E-state index is 0.780. The van der Waals surface area contributed by atoms with Gasteiger partial charge in [0, 0.05) is 22.2 Å². The fourth-order valence-electron chi connectivity index (χ4n) is 5.55. The highest BCUT2D eigenvalue weighted by Crippen LogP contribution is 2.44. The number of hydrogen-bond acceptors (Lipinski definition) is 2. The van der Waals surface area contributed by atoms with Crippen molar-refractivity contribution in [3.63, 3.8) is 0 Å². The summed E-state index contributed by atoms with van der Waals surface area (Å²) in [4.78, 5) is 2.43. The molecule has 186 valence electrons. The second-order valence-corrected chi connectivity index (χ2v) is 9.87. The first-order valence-corrected chi connectivity index (χ1v) is 13.4. The van der Waals surface area contributed by atoms with Gasteiger partial charge in [0.2, 0.25) is 0 Å². The van der Waals surface area contributed by atoms with E-state index in [-0.39, 0.29) is 0 Å². The van der Waals surface area contributed by atoms with Gasteiger partial charge in [0.1, 0.15) is 0 Å². The van der Waals surface area contributed by atoms with Crippen LogP contribution in [0.4, 0.5) is 11.4 Å². The van der Waals surface area contributed by atoms with E-state index in [9.17, 15) is 0 Å². The lowest BCUT2D eigenvalue weighted by atomic mass is 9.95. The molecule has 6 rings (SSSR count). The Kier molecular flexibility index (Phi) is 6.31. The van der Waals surface area contributed by atoms with Crippen molar-refractivity contribution in [1.29, 1.82) is 0 Å². The van der Waals surface area contributed by atoms with Crippen LogP contribution in [0.2, 0.25) is 0 Å². The summed E-state index contributed by atoms with van der Waals surface area (Å²) in [7, 11) is 0. The fourth-order valence-corrected chi connectivity index (χ4v) is 5.55. The minimum atomic E-state index is 0.780. The third kappa shape index (κ3) is 4.18. The van der Waals surface area contributed by atoms with Crippen molar-refractivity contribution in [3.8, 4) is 0 Å². The van der Waals surface area contributed by atoms with Crippen molar-refractivity contribution in [2.45, 2.75) is 26.7 Å². The maximum absolute atomic E-state index is 6.24. The lowest BCUT2D eigenvalue weighted by Crippen LogP contribution is -2.17. The zero-order valence-electron chi connectivity index (χ0n) is 22.0. The molecule has 0 amide bonds. The molecule has 0 fully saturated rings. The van der Waals surface area contributed by atoms with Gasteiger partial charge >= 0.3 is 0 Å². The number of rotatable bonds is 5. The second kappa shape index (κ2) is 10.1. The maximum atomic E-state index is 6.24. The SMILES string of the molecule is CC/C=C\c1cc(N(C2=CCC=C(N)C=C2)c2cc3ccccc3c3ccccc23)c2ccccc2c1C. The second-order valence-electron chi connectivity index (χ2n) is 9.87. The summed E-state index contributed by atoms with van der Waals surface area (Å²) >= 11 is 0. The summed E-state index contributed by atoms with van der Waals surface area (Å²) in [5.74, 6) is 0. The zero-order chi connectivity index (χ0) is 26.1. The van der Waals surface area contributed by atoms with Gasteiger partial charge in [-0.3, -0.25) is 0 Å². The molecule has 38 heavy (non-hydrogen) atoms.